The van der Waals surface area contributed by atoms with Gasteiger partial charge < -0.3 is 15.4 Å². The Hall–Kier alpha value is -1.99. The van der Waals surface area contributed by atoms with E-state index in [0.717, 1.165) is 11.8 Å². The normalized spacial score (nSPS) is 12.0. The van der Waals surface area contributed by atoms with Crippen LogP contribution in [0.3, 0.4) is 0 Å². The van der Waals surface area contributed by atoms with Crippen molar-refractivity contribution in [1.82, 2.24) is 9.97 Å². The molecule has 0 bridgehead atoms. The van der Waals surface area contributed by atoms with Gasteiger partial charge >= 0.3 is 0 Å². The molecule has 2 aromatic rings. The lowest BCUT2D eigenvalue weighted by atomic mass is 10.2. The predicted molar refractivity (Wildman–Crippen MR) is 91.3 cm³/mol. The number of carbonyl (C=O) groups excluding carboxylic acids is 1. The topological polar surface area (TPSA) is 95.1 Å². The van der Waals surface area contributed by atoms with Crippen LogP contribution in [0.2, 0.25) is 5.02 Å². The number of H-pyrrole nitrogens is 1. The molecule has 1 amide bonds. The first-order valence-electron chi connectivity index (χ1n) is 6.96. The first-order chi connectivity index (χ1) is 10.9. The lowest BCUT2D eigenvalue weighted by molar-refractivity contribution is -0.115. The number of benzene rings is 1. The molecule has 0 aliphatic carbocycles. The van der Waals surface area contributed by atoms with Crippen LogP contribution in [0.15, 0.2) is 34.2 Å². The number of aromatic nitrogens is 2. The molecule has 0 aliphatic heterocycles. The summed E-state index contributed by atoms with van der Waals surface area (Å²) >= 11 is 6.85. The second kappa shape index (κ2) is 7.52. The Morgan fingerprint density at radius 2 is 2.09 bits per heavy atom. The molecule has 8 heteroatoms. The van der Waals surface area contributed by atoms with Gasteiger partial charge in [0.1, 0.15) is 0 Å². The van der Waals surface area contributed by atoms with Crippen molar-refractivity contribution in [1.29, 1.82) is 0 Å². The van der Waals surface area contributed by atoms with Crippen molar-refractivity contribution in [2.45, 2.75) is 30.7 Å². The fourth-order valence-corrected chi connectivity index (χ4v) is 2.76. The van der Waals surface area contributed by atoms with Gasteiger partial charge in [-0.05, 0) is 37.6 Å². The van der Waals surface area contributed by atoms with E-state index in [2.05, 4.69) is 15.3 Å². The van der Waals surface area contributed by atoms with Gasteiger partial charge in [-0.15, -0.1) is 0 Å². The molecular weight excluding hydrogens is 338 g/mol. The number of rotatable bonds is 5. The number of carbonyl (C=O) groups is 1. The average Bonchev–Trinajstić information content (AvgIpc) is 2.49. The van der Waals surface area contributed by atoms with E-state index >= 15 is 0 Å². The van der Waals surface area contributed by atoms with Gasteiger partial charge in [0.05, 0.1) is 10.8 Å². The number of anilines is 1. The third-order valence-corrected chi connectivity index (χ3v) is 4.33. The molecule has 6 nitrogen and oxygen atoms in total. The van der Waals surface area contributed by atoms with Crippen LogP contribution in [0.1, 0.15) is 19.4 Å². The number of thioether (sulfide) groups is 1. The summed E-state index contributed by atoms with van der Waals surface area (Å²) in [5.74, 6) is -0.553. The largest absolute Gasteiger partial charge is 0.493 e. The minimum atomic E-state index is -0.513. The maximum atomic E-state index is 12.1. The van der Waals surface area contributed by atoms with Gasteiger partial charge in [0, 0.05) is 10.7 Å². The molecule has 1 atom stereocenters. The maximum absolute atomic E-state index is 12.1. The summed E-state index contributed by atoms with van der Waals surface area (Å²) in [6.07, 6.45) is 0.381. The van der Waals surface area contributed by atoms with Gasteiger partial charge in [0.15, 0.2) is 5.16 Å². The van der Waals surface area contributed by atoms with Crippen LogP contribution < -0.4 is 10.9 Å². The van der Waals surface area contributed by atoms with Crippen molar-refractivity contribution in [3.8, 4) is 5.88 Å². The van der Waals surface area contributed by atoms with E-state index in [-0.39, 0.29) is 22.5 Å². The van der Waals surface area contributed by atoms with Gasteiger partial charge in [0.2, 0.25) is 11.8 Å². The molecule has 0 saturated carbocycles. The minimum Gasteiger partial charge on any atom is -0.493 e. The molecule has 0 saturated heterocycles. The monoisotopic (exact) mass is 353 g/mol. The predicted octanol–water partition coefficient (Wildman–Crippen LogP) is 2.81. The van der Waals surface area contributed by atoms with Crippen LogP contribution in [-0.2, 0) is 11.2 Å². The Morgan fingerprint density at radius 1 is 1.43 bits per heavy atom. The van der Waals surface area contributed by atoms with E-state index in [4.69, 9.17) is 11.6 Å². The average molecular weight is 354 g/mol. The third-order valence-electron chi connectivity index (χ3n) is 3.09. The number of nitrogens with one attached hydrogen (secondary N) is 2. The fourth-order valence-electron chi connectivity index (χ4n) is 1.84. The van der Waals surface area contributed by atoms with Gasteiger partial charge in [-0.2, -0.15) is 4.98 Å². The molecular formula is C15H16ClN3O3S. The summed E-state index contributed by atoms with van der Waals surface area (Å²) in [5, 5.41) is 12.7. The lowest BCUT2D eigenvalue weighted by Crippen LogP contribution is -2.23. The van der Waals surface area contributed by atoms with Crippen LogP contribution in [0.4, 0.5) is 5.69 Å². The summed E-state index contributed by atoms with van der Waals surface area (Å²) in [6.45, 7) is 3.43. The number of hydrogen-bond acceptors (Lipinski definition) is 5. The Balaban J connectivity index is 2.06. The van der Waals surface area contributed by atoms with Crippen molar-refractivity contribution >= 4 is 35.0 Å². The highest BCUT2D eigenvalue weighted by Gasteiger charge is 2.17. The number of hydrogen-bond donors (Lipinski definition) is 3. The molecule has 1 heterocycles. The summed E-state index contributed by atoms with van der Waals surface area (Å²) in [7, 11) is 0. The van der Waals surface area contributed by atoms with Gasteiger partial charge in [-0.25, -0.2) is 0 Å². The first-order valence-corrected chi connectivity index (χ1v) is 8.21. The molecule has 122 valence electrons. The van der Waals surface area contributed by atoms with E-state index in [1.165, 1.54) is 0 Å². The van der Waals surface area contributed by atoms with Crippen molar-refractivity contribution in [3.05, 3.63) is 45.2 Å². The third kappa shape index (κ3) is 4.49. The molecule has 1 aromatic heterocycles. The Morgan fingerprint density at radius 3 is 2.65 bits per heavy atom. The molecule has 2 rings (SSSR count). The number of halogens is 1. The lowest BCUT2D eigenvalue weighted by Gasteiger charge is -2.12. The van der Waals surface area contributed by atoms with Crippen LogP contribution in [-0.4, -0.2) is 26.2 Å². The summed E-state index contributed by atoms with van der Waals surface area (Å²) in [6, 6.07) is 6.74. The minimum absolute atomic E-state index is 0.198. The van der Waals surface area contributed by atoms with E-state index < -0.39 is 10.8 Å². The molecule has 0 fully saturated rings. The van der Waals surface area contributed by atoms with Crippen molar-refractivity contribution in [2.75, 3.05) is 5.32 Å². The van der Waals surface area contributed by atoms with Crippen LogP contribution >= 0.6 is 23.4 Å². The number of aromatic amines is 1. The van der Waals surface area contributed by atoms with Crippen molar-refractivity contribution in [2.24, 2.45) is 0 Å². The van der Waals surface area contributed by atoms with E-state index in [0.29, 0.717) is 17.1 Å². The molecule has 1 aromatic carbocycles. The van der Waals surface area contributed by atoms with Crippen molar-refractivity contribution < 1.29 is 9.90 Å². The van der Waals surface area contributed by atoms with Crippen LogP contribution in [0.25, 0.3) is 0 Å². The summed E-state index contributed by atoms with van der Waals surface area (Å²) in [5.41, 5.74) is 0.456. The molecule has 3 N–H and O–H groups in total. The zero-order valence-electron chi connectivity index (χ0n) is 12.6. The molecule has 0 aliphatic rings. The van der Waals surface area contributed by atoms with E-state index in [1.807, 2.05) is 0 Å². The van der Waals surface area contributed by atoms with Crippen LogP contribution in [0, 0.1) is 0 Å². The smallest absolute Gasteiger partial charge is 0.258 e. The molecule has 0 radical (unpaired) electrons. The Kier molecular flexibility index (Phi) is 5.68. The summed E-state index contributed by atoms with van der Waals surface area (Å²) < 4.78 is 0. The number of amides is 1. The molecule has 0 spiro atoms. The van der Waals surface area contributed by atoms with E-state index in [1.54, 1.807) is 38.1 Å². The highest BCUT2D eigenvalue weighted by molar-refractivity contribution is 8.00. The fraction of sp³-hybridized carbons (Fsp3) is 0.267. The molecule has 23 heavy (non-hydrogen) atoms. The quantitative estimate of drug-likeness (QED) is 0.567. The maximum Gasteiger partial charge on any atom is 0.258 e. The Bertz CT molecular complexity index is 762. The van der Waals surface area contributed by atoms with E-state index in [9.17, 15) is 14.7 Å². The molecule has 0 unspecified atom stereocenters. The van der Waals surface area contributed by atoms with Crippen molar-refractivity contribution in [3.63, 3.8) is 0 Å². The highest BCUT2D eigenvalue weighted by Crippen LogP contribution is 2.23. The second-order valence-electron chi connectivity index (χ2n) is 4.78. The van der Waals surface area contributed by atoms with Gasteiger partial charge in [0.25, 0.3) is 5.56 Å². The number of nitrogens with zero attached hydrogens (tertiary/aromatic N) is 1. The Labute approximate surface area is 142 Å². The van der Waals surface area contributed by atoms with Crippen LogP contribution in [0.5, 0.6) is 5.88 Å². The SMILES string of the molecule is CCc1c(O)nc(S[C@H](C)C(=O)Nc2ccc(Cl)cc2)[nH]c1=O. The van der Waals surface area contributed by atoms with Gasteiger partial charge in [-0.1, -0.05) is 30.3 Å². The standard InChI is InChI=1S/C15H16ClN3O3S/c1-3-11-13(21)18-15(19-14(11)22)23-8(2)12(20)17-10-6-4-9(16)5-7-10/h4-8H,3H2,1-2H3,(H,17,20)(H2,18,19,21,22)/t8-/m1/s1. The second-order valence-corrected chi connectivity index (χ2v) is 6.55. The summed E-state index contributed by atoms with van der Waals surface area (Å²) in [4.78, 5) is 30.4. The zero-order chi connectivity index (χ0) is 17.0. The first kappa shape index (κ1) is 17.4. The zero-order valence-corrected chi connectivity index (χ0v) is 14.2. The highest BCUT2D eigenvalue weighted by atomic mass is 35.5. The number of aromatic hydroxyl groups is 1. The van der Waals surface area contributed by atoms with Gasteiger partial charge in [-0.3, -0.25) is 9.59 Å².